The van der Waals surface area contributed by atoms with Crippen molar-refractivity contribution in [1.82, 2.24) is 9.78 Å². The Balaban J connectivity index is 1.67. The van der Waals surface area contributed by atoms with Crippen LogP contribution in [0.2, 0.25) is 0 Å². The third kappa shape index (κ3) is 4.54. The van der Waals surface area contributed by atoms with Crippen LogP contribution in [0.5, 0.6) is 0 Å². The molecule has 1 saturated carbocycles. The predicted octanol–water partition coefficient (Wildman–Crippen LogP) is 4.75. The fraction of sp³-hybridized carbons (Fsp3) is 0.400. The molecule has 6 heteroatoms. The molecule has 0 saturated heterocycles. The molecular weight excluding hydrogens is 390 g/mol. The summed E-state index contributed by atoms with van der Waals surface area (Å²) in [4.78, 5) is 23.9. The zero-order chi connectivity index (χ0) is 22.2. The van der Waals surface area contributed by atoms with Gasteiger partial charge in [-0.25, -0.2) is 0 Å². The third-order valence-corrected chi connectivity index (χ3v) is 6.16. The first-order chi connectivity index (χ1) is 14.7. The van der Waals surface area contributed by atoms with Gasteiger partial charge in [-0.3, -0.25) is 9.48 Å². The number of aryl methyl sites for hydroxylation is 1. The summed E-state index contributed by atoms with van der Waals surface area (Å²) in [5, 5.41) is 19.4. The number of fused-ring (bicyclic) bond motifs is 1. The molecule has 162 valence electrons. The number of aliphatic hydroxyl groups is 1. The molecule has 2 aromatic carbocycles. The average molecular weight is 420 g/mol. The number of nitrogens with one attached hydrogen (secondary N) is 1. The first-order valence-electron chi connectivity index (χ1n) is 10.8. The Hall–Kier alpha value is -2.99. The number of nitrogens with zero attached hydrogens (tertiary/aromatic N) is 2. The number of anilines is 1. The van der Waals surface area contributed by atoms with E-state index < -0.39 is 5.60 Å². The Labute approximate surface area is 182 Å². The van der Waals surface area contributed by atoms with Gasteiger partial charge in [0.25, 0.3) is 5.91 Å². The summed E-state index contributed by atoms with van der Waals surface area (Å²) in [7, 11) is 0. The van der Waals surface area contributed by atoms with Crippen molar-refractivity contribution in [2.75, 3.05) is 5.32 Å². The second-order valence-electron chi connectivity index (χ2n) is 9.15. The van der Waals surface area contributed by atoms with Crippen molar-refractivity contribution in [1.29, 1.82) is 0 Å². The summed E-state index contributed by atoms with van der Waals surface area (Å²) >= 11 is 0. The van der Waals surface area contributed by atoms with E-state index in [-0.39, 0.29) is 17.9 Å². The highest BCUT2D eigenvalue weighted by molar-refractivity contribution is 6.05. The van der Waals surface area contributed by atoms with Gasteiger partial charge in [-0.15, -0.1) is 0 Å². The standard InChI is InChI=1S/C25H29N3O3/c1-16-5-4-6-18(11-16)24(30)26-23-12-19-14-28(20-9-7-17(15-29)8-10-20)27-22(19)13-21(23)25(2,3)31/h4-6,11-15,17,20,31H,7-10H2,1-3H3,(H,26,30)/t17-,20-. The van der Waals surface area contributed by atoms with Crippen LogP contribution in [-0.4, -0.2) is 27.1 Å². The summed E-state index contributed by atoms with van der Waals surface area (Å²) in [5.74, 6) is -0.0559. The highest BCUT2D eigenvalue weighted by Crippen LogP contribution is 2.35. The number of amides is 1. The normalized spacial score (nSPS) is 19.4. The summed E-state index contributed by atoms with van der Waals surface area (Å²) in [6.07, 6.45) is 6.68. The second-order valence-corrected chi connectivity index (χ2v) is 9.15. The van der Waals surface area contributed by atoms with E-state index in [1.807, 2.05) is 48.1 Å². The highest BCUT2D eigenvalue weighted by Gasteiger charge is 2.25. The molecule has 0 aliphatic heterocycles. The molecule has 31 heavy (non-hydrogen) atoms. The maximum atomic E-state index is 12.9. The van der Waals surface area contributed by atoms with Crippen LogP contribution in [0.15, 0.2) is 42.6 Å². The smallest absolute Gasteiger partial charge is 0.255 e. The molecule has 3 aromatic rings. The van der Waals surface area contributed by atoms with E-state index in [1.165, 1.54) is 0 Å². The van der Waals surface area contributed by atoms with Gasteiger partial charge < -0.3 is 15.2 Å². The topological polar surface area (TPSA) is 84.2 Å². The molecule has 0 atom stereocenters. The molecule has 6 nitrogen and oxygen atoms in total. The van der Waals surface area contributed by atoms with Gasteiger partial charge in [0.1, 0.15) is 6.29 Å². The van der Waals surface area contributed by atoms with E-state index in [4.69, 9.17) is 5.10 Å². The number of carbonyl (C=O) groups excluding carboxylic acids is 2. The maximum absolute atomic E-state index is 12.9. The van der Waals surface area contributed by atoms with Crippen molar-refractivity contribution in [3.8, 4) is 0 Å². The molecule has 1 amide bonds. The van der Waals surface area contributed by atoms with E-state index in [0.717, 1.165) is 48.4 Å². The number of rotatable bonds is 5. The van der Waals surface area contributed by atoms with Gasteiger partial charge in [0.05, 0.1) is 17.2 Å². The quantitative estimate of drug-likeness (QED) is 0.584. The monoisotopic (exact) mass is 419 g/mol. The van der Waals surface area contributed by atoms with Crippen LogP contribution in [0, 0.1) is 12.8 Å². The lowest BCUT2D eigenvalue weighted by Gasteiger charge is -2.25. The van der Waals surface area contributed by atoms with E-state index in [1.54, 1.807) is 19.9 Å². The number of aldehydes is 1. The first kappa shape index (κ1) is 21.2. The van der Waals surface area contributed by atoms with Gasteiger partial charge >= 0.3 is 0 Å². The van der Waals surface area contributed by atoms with Crippen LogP contribution >= 0.6 is 0 Å². The number of hydrogen-bond donors (Lipinski definition) is 2. The molecule has 1 aliphatic rings. The maximum Gasteiger partial charge on any atom is 0.255 e. The lowest BCUT2D eigenvalue weighted by Crippen LogP contribution is -2.21. The van der Waals surface area contributed by atoms with E-state index >= 15 is 0 Å². The summed E-state index contributed by atoms with van der Waals surface area (Å²) in [6, 6.07) is 11.4. The molecule has 0 radical (unpaired) electrons. The van der Waals surface area contributed by atoms with Gasteiger partial charge in [0.15, 0.2) is 0 Å². The van der Waals surface area contributed by atoms with E-state index in [2.05, 4.69) is 5.32 Å². The number of hydrogen-bond acceptors (Lipinski definition) is 4. The number of benzene rings is 2. The Morgan fingerprint density at radius 1 is 1.19 bits per heavy atom. The lowest BCUT2D eigenvalue weighted by atomic mass is 9.87. The largest absolute Gasteiger partial charge is 0.386 e. The molecule has 4 rings (SSSR count). The molecule has 1 fully saturated rings. The molecule has 0 unspecified atom stereocenters. The van der Waals surface area contributed by atoms with Crippen LogP contribution in [0.4, 0.5) is 5.69 Å². The Kier molecular flexibility index (Phi) is 5.67. The van der Waals surface area contributed by atoms with E-state index in [0.29, 0.717) is 16.8 Å². The second kappa shape index (κ2) is 8.27. The third-order valence-electron chi connectivity index (χ3n) is 6.16. The SMILES string of the molecule is Cc1cccc(C(=O)Nc2cc3cn([C@H]4CC[C@H](C=O)CC4)nc3cc2C(C)(C)O)c1. The van der Waals surface area contributed by atoms with Crippen molar-refractivity contribution in [3.05, 3.63) is 59.3 Å². The summed E-state index contributed by atoms with van der Waals surface area (Å²) in [6.45, 7) is 5.35. The minimum Gasteiger partial charge on any atom is -0.386 e. The summed E-state index contributed by atoms with van der Waals surface area (Å²) in [5.41, 5.74) is 2.42. The Bertz CT molecular complexity index is 1120. The molecule has 0 spiro atoms. The van der Waals surface area contributed by atoms with Crippen LogP contribution < -0.4 is 5.32 Å². The van der Waals surface area contributed by atoms with Gasteiger partial charge in [-0.2, -0.15) is 5.10 Å². The van der Waals surface area contributed by atoms with Crippen molar-refractivity contribution in [2.24, 2.45) is 5.92 Å². The van der Waals surface area contributed by atoms with Gasteiger partial charge in [-0.1, -0.05) is 17.7 Å². The molecule has 2 N–H and O–H groups in total. The van der Waals surface area contributed by atoms with Crippen molar-refractivity contribution in [3.63, 3.8) is 0 Å². The molecule has 1 aromatic heterocycles. The van der Waals surface area contributed by atoms with Crippen LogP contribution in [0.1, 0.15) is 67.1 Å². The highest BCUT2D eigenvalue weighted by atomic mass is 16.3. The average Bonchev–Trinajstić information content (AvgIpc) is 3.15. The van der Waals surface area contributed by atoms with Crippen LogP contribution in [-0.2, 0) is 10.4 Å². The van der Waals surface area contributed by atoms with Gasteiger partial charge in [0, 0.05) is 34.3 Å². The molecular formula is C25H29N3O3. The molecule has 1 aliphatic carbocycles. The van der Waals surface area contributed by atoms with Crippen molar-refractivity contribution < 1.29 is 14.7 Å². The number of aromatic nitrogens is 2. The van der Waals surface area contributed by atoms with E-state index in [9.17, 15) is 14.7 Å². The molecule has 0 bridgehead atoms. The zero-order valence-electron chi connectivity index (χ0n) is 18.3. The van der Waals surface area contributed by atoms with Crippen molar-refractivity contribution >= 4 is 28.8 Å². The first-order valence-corrected chi connectivity index (χ1v) is 10.8. The molecule has 1 heterocycles. The minimum absolute atomic E-state index is 0.159. The summed E-state index contributed by atoms with van der Waals surface area (Å²) < 4.78 is 1.98. The Morgan fingerprint density at radius 3 is 2.58 bits per heavy atom. The van der Waals surface area contributed by atoms with Crippen LogP contribution in [0.25, 0.3) is 10.9 Å². The van der Waals surface area contributed by atoms with Crippen LogP contribution in [0.3, 0.4) is 0 Å². The zero-order valence-corrected chi connectivity index (χ0v) is 18.3. The fourth-order valence-electron chi connectivity index (χ4n) is 4.37. The van der Waals surface area contributed by atoms with Gasteiger partial charge in [-0.05, 0) is 70.7 Å². The number of carbonyl (C=O) groups is 2. The predicted molar refractivity (Wildman–Crippen MR) is 121 cm³/mol. The fourth-order valence-corrected chi connectivity index (χ4v) is 4.37. The van der Waals surface area contributed by atoms with Crippen molar-refractivity contribution in [2.45, 2.75) is 58.1 Å². The van der Waals surface area contributed by atoms with Gasteiger partial charge in [0.2, 0.25) is 0 Å². The minimum atomic E-state index is -1.14. The lowest BCUT2D eigenvalue weighted by molar-refractivity contribution is -0.112. The Morgan fingerprint density at radius 2 is 1.94 bits per heavy atom.